The van der Waals surface area contributed by atoms with Crippen LogP contribution < -0.4 is 14.2 Å². The van der Waals surface area contributed by atoms with Crippen LogP contribution in [-0.2, 0) is 0 Å². The maximum Gasteiger partial charge on any atom is 0.175 e. The third kappa shape index (κ3) is 4.85. The summed E-state index contributed by atoms with van der Waals surface area (Å²) in [5, 5.41) is 31.5. The molecular weight excluding hydrogens is 606 g/mol. The van der Waals surface area contributed by atoms with Crippen LogP contribution in [0.25, 0.3) is 56.0 Å². The van der Waals surface area contributed by atoms with Crippen molar-refractivity contribution < 1.29 is 14.2 Å². The van der Waals surface area contributed by atoms with Crippen molar-refractivity contribution >= 4 is 33.7 Å². The number of benzene rings is 3. The minimum atomic E-state index is 0.0907. The zero-order chi connectivity index (χ0) is 33.4. The number of nitriles is 3. The number of hydrogen-bond donors (Lipinski definition) is 2. The molecule has 12 heteroatoms. The Morgan fingerprint density at radius 1 is 0.479 bits per heavy atom. The molecule has 0 aliphatic carbocycles. The number of rotatable bonds is 6. The number of hydrogen-bond acceptors (Lipinski definition) is 10. The summed E-state index contributed by atoms with van der Waals surface area (Å²) in [7, 11) is 4.71. The van der Waals surface area contributed by atoms with Gasteiger partial charge in [-0.2, -0.15) is 15.8 Å². The standard InChI is InChI=1S/C36H23N9O3/c1-46-22-10-4-19(5-11-22)28-25(16-37)31-40-32-26(17-38)29(20-6-12-23(47-2)13-7-20)35(42-32)45-36-30(21-8-14-24(48-3)15-9-21)27(18-39)33(44-36)43-34(28)41-31/h4-15H,1-3H3,(H2,40,41,42,43,44,45). The SMILES string of the molecule is COc1ccc(C2=C(C#N)c3nc2nc2[nH]c(nc4[nH]c(n3)c(-c3ccc(OC)cc3)c4C#N)c(C#N)c2-c2ccc(OC)cc2)cc1. The van der Waals surface area contributed by atoms with Crippen molar-refractivity contribution in [2.75, 3.05) is 21.3 Å². The van der Waals surface area contributed by atoms with Crippen LogP contribution >= 0.6 is 0 Å². The molecule has 1 aliphatic heterocycles. The molecule has 0 radical (unpaired) electrons. The molecule has 4 heterocycles. The van der Waals surface area contributed by atoms with E-state index in [1.165, 1.54) is 0 Å². The maximum absolute atomic E-state index is 10.5. The van der Waals surface area contributed by atoms with E-state index in [0.717, 1.165) is 0 Å². The average Bonchev–Trinajstić information content (AvgIpc) is 3.78. The number of aromatic nitrogens is 6. The molecule has 7 rings (SSSR count). The second-order valence-corrected chi connectivity index (χ2v) is 10.5. The molecule has 0 unspecified atom stereocenters. The highest BCUT2D eigenvalue weighted by Gasteiger charge is 2.27. The number of ether oxygens (including phenoxy) is 3. The molecule has 6 aromatic rings. The maximum atomic E-state index is 10.5. The van der Waals surface area contributed by atoms with Crippen molar-refractivity contribution in [3.63, 3.8) is 0 Å². The number of fused-ring (bicyclic) bond motifs is 6. The van der Waals surface area contributed by atoms with Gasteiger partial charge in [0, 0.05) is 16.7 Å². The van der Waals surface area contributed by atoms with Gasteiger partial charge in [-0.05, 0) is 53.1 Å². The smallest absolute Gasteiger partial charge is 0.175 e. The summed E-state index contributed by atoms with van der Waals surface area (Å²) in [6.07, 6.45) is 0. The first-order chi connectivity index (χ1) is 23.5. The van der Waals surface area contributed by atoms with Crippen molar-refractivity contribution in [3.8, 4) is 57.7 Å². The first-order valence-electron chi connectivity index (χ1n) is 14.5. The fourth-order valence-electron chi connectivity index (χ4n) is 5.64. The summed E-state index contributed by atoms with van der Waals surface area (Å²) in [5.41, 5.74) is 4.70. The highest BCUT2D eigenvalue weighted by Crippen LogP contribution is 2.38. The quantitative estimate of drug-likeness (QED) is 0.213. The van der Waals surface area contributed by atoms with Crippen molar-refractivity contribution in [3.05, 3.63) is 101 Å². The van der Waals surface area contributed by atoms with Gasteiger partial charge in [0.15, 0.2) is 22.9 Å². The fraction of sp³-hybridized carbons (Fsp3) is 0.0833. The predicted molar refractivity (Wildman–Crippen MR) is 177 cm³/mol. The topological polar surface area (TPSA) is 182 Å². The van der Waals surface area contributed by atoms with Crippen molar-refractivity contribution in [1.29, 1.82) is 15.8 Å². The lowest BCUT2D eigenvalue weighted by atomic mass is 10.0. The highest BCUT2D eigenvalue weighted by atomic mass is 16.5. The minimum absolute atomic E-state index is 0.0907. The Bertz CT molecular complexity index is 2470. The molecule has 230 valence electrons. The van der Waals surface area contributed by atoms with Crippen LogP contribution in [0.3, 0.4) is 0 Å². The summed E-state index contributed by atoms with van der Waals surface area (Å²) in [5.74, 6) is 2.18. The van der Waals surface area contributed by atoms with E-state index in [-0.39, 0.29) is 50.9 Å². The zero-order valence-electron chi connectivity index (χ0n) is 25.8. The van der Waals surface area contributed by atoms with Crippen LogP contribution in [0.15, 0.2) is 72.8 Å². The van der Waals surface area contributed by atoms with Crippen LogP contribution in [0.4, 0.5) is 0 Å². The third-order valence-electron chi connectivity index (χ3n) is 7.96. The van der Waals surface area contributed by atoms with Gasteiger partial charge in [0.1, 0.15) is 63.5 Å². The van der Waals surface area contributed by atoms with Crippen LogP contribution in [0.2, 0.25) is 0 Å². The molecule has 1 aliphatic rings. The number of methoxy groups -OCH3 is 3. The number of nitrogens with one attached hydrogen (secondary N) is 2. The molecule has 12 nitrogen and oxygen atoms in total. The fourth-order valence-corrected chi connectivity index (χ4v) is 5.64. The summed E-state index contributed by atoms with van der Waals surface area (Å²) in [4.78, 5) is 25.6. The monoisotopic (exact) mass is 629 g/mol. The van der Waals surface area contributed by atoms with Gasteiger partial charge in [0.2, 0.25) is 0 Å². The lowest BCUT2D eigenvalue weighted by Gasteiger charge is -2.05. The summed E-state index contributed by atoms with van der Waals surface area (Å²) >= 11 is 0. The Hall–Kier alpha value is -7.23. The van der Waals surface area contributed by atoms with Crippen molar-refractivity contribution in [2.45, 2.75) is 0 Å². The average molecular weight is 630 g/mol. The van der Waals surface area contributed by atoms with Crippen LogP contribution in [-0.4, -0.2) is 51.2 Å². The molecule has 6 bridgehead atoms. The Morgan fingerprint density at radius 3 is 1.29 bits per heavy atom. The van der Waals surface area contributed by atoms with Crippen LogP contribution in [0.5, 0.6) is 17.2 Å². The van der Waals surface area contributed by atoms with Gasteiger partial charge in [0.25, 0.3) is 0 Å². The lowest BCUT2D eigenvalue weighted by Crippen LogP contribution is -1.92. The Morgan fingerprint density at radius 2 is 0.896 bits per heavy atom. The molecule has 48 heavy (non-hydrogen) atoms. The second-order valence-electron chi connectivity index (χ2n) is 10.5. The normalized spacial score (nSPS) is 11.5. The summed E-state index contributed by atoms with van der Waals surface area (Å²) < 4.78 is 16.0. The van der Waals surface area contributed by atoms with Crippen molar-refractivity contribution in [2.24, 2.45) is 0 Å². The second kappa shape index (κ2) is 11.9. The highest BCUT2D eigenvalue weighted by molar-refractivity contribution is 6.04. The van der Waals surface area contributed by atoms with Gasteiger partial charge < -0.3 is 24.2 Å². The van der Waals surface area contributed by atoms with Gasteiger partial charge in [-0.15, -0.1) is 0 Å². The Balaban J connectivity index is 1.65. The largest absolute Gasteiger partial charge is 0.497 e. The molecule has 0 saturated heterocycles. The molecule has 3 aromatic carbocycles. The summed E-state index contributed by atoms with van der Waals surface area (Å²) in [6.45, 7) is 0. The lowest BCUT2D eigenvalue weighted by molar-refractivity contribution is 0.414. The number of allylic oxidation sites excluding steroid dienone is 1. The van der Waals surface area contributed by atoms with E-state index in [1.54, 1.807) is 82.0 Å². The number of aromatic amines is 2. The first-order valence-corrected chi connectivity index (χ1v) is 14.5. The molecule has 0 spiro atoms. The first kappa shape index (κ1) is 29.5. The number of H-pyrrole nitrogens is 2. The van der Waals surface area contributed by atoms with E-state index >= 15 is 0 Å². The molecule has 0 amide bonds. The molecular formula is C36H23N9O3. The van der Waals surface area contributed by atoms with E-state index in [4.69, 9.17) is 34.1 Å². The molecule has 3 aromatic heterocycles. The van der Waals surface area contributed by atoms with E-state index in [0.29, 0.717) is 50.6 Å². The van der Waals surface area contributed by atoms with Gasteiger partial charge in [-0.3, -0.25) is 0 Å². The van der Waals surface area contributed by atoms with Gasteiger partial charge in [0.05, 0.1) is 21.3 Å². The van der Waals surface area contributed by atoms with E-state index < -0.39 is 0 Å². The van der Waals surface area contributed by atoms with Crippen molar-refractivity contribution in [1.82, 2.24) is 29.9 Å². The number of nitrogens with zero attached hydrogens (tertiary/aromatic N) is 7. The summed E-state index contributed by atoms with van der Waals surface area (Å²) in [6, 6.07) is 28.3. The molecule has 0 atom stereocenters. The van der Waals surface area contributed by atoms with E-state index in [1.807, 2.05) is 12.1 Å². The van der Waals surface area contributed by atoms with Crippen LogP contribution in [0.1, 0.15) is 28.3 Å². The van der Waals surface area contributed by atoms with E-state index in [9.17, 15) is 15.8 Å². The van der Waals surface area contributed by atoms with Gasteiger partial charge in [-0.1, -0.05) is 36.4 Å². The third-order valence-corrected chi connectivity index (χ3v) is 7.96. The Kier molecular flexibility index (Phi) is 7.33. The van der Waals surface area contributed by atoms with Gasteiger partial charge in [-0.25, -0.2) is 19.9 Å². The zero-order valence-corrected chi connectivity index (χ0v) is 25.8. The minimum Gasteiger partial charge on any atom is -0.497 e. The van der Waals surface area contributed by atoms with Crippen LogP contribution in [0, 0.1) is 34.0 Å². The molecule has 0 saturated carbocycles. The molecule has 0 fully saturated rings. The van der Waals surface area contributed by atoms with E-state index in [2.05, 4.69) is 28.2 Å². The predicted octanol–water partition coefficient (Wildman–Crippen LogP) is 6.25. The Labute approximate surface area is 273 Å². The van der Waals surface area contributed by atoms with Gasteiger partial charge >= 0.3 is 0 Å². The molecule has 2 N–H and O–H groups in total.